The van der Waals surface area contributed by atoms with Crippen molar-refractivity contribution in [2.45, 2.75) is 50.9 Å². The molecule has 0 fully saturated rings. The summed E-state index contributed by atoms with van der Waals surface area (Å²) in [4.78, 5) is 21.1. The summed E-state index contributed by atoms with van der Waals surface area (Å²) in [7, 11) is 0. The van der Waals surface area contributed by atoms with Crippen molar-refractivity contribution in [3.05, 3.63) is 125 Å². The number of ether oxygens (including phenoxy) is 4. The van der Waals surface area contributed by atoms with Gasteiger partial charge in [-0.2, -0.15) is 31.6 Å². The zero-order valence-corrected chi connectivity index (χ0v) is 33.8. The third-order valence-electron chi connectivity index (χ3n) is 7.60. The Kier molecular flexibility index (Phi) is 24.9. The summed E-state index contributed by atoms with van der Waals surface area (Å²) in [6.45, 7) is 9.42. The second kappa shape index (κ2) is 29.4. The Labute approximate surface area is 363 Å². The number of halogens is 6. The van der Waals surface area contributed by atoms with Crippen LogP contribution in [0.25, 0.3) is 4.85 Å². The molecule has 0 aliphatic carbocycles. The Balaban J connectivity index is 0.000000497. The number of nitriles is 1. The molecule has 0 bridgehead atoms. The zero-order valence-electron chi connectivity index (χ0n) is 33.8. The number of hydrogen-bond acceptors (Lipinski definition) is 11. The summed E-state index contributed by atoms with van der Waals surface area (Å²) >= 11 is 0. The van der Waals surface area contributed by atoms with E-state index in [1.165, 1.54) is 0 Å². The molecular weight excluding hydrogens is 862 g/mol. The SMILES string of the molecule is N/C(=N\O)c1ccc(OCCCCCOc2ccc(/C(N)=N/O)cc2)cc1.O=C(O)C(F)(F)F.O=C(O)C(F)(F)F.[C-]#[N+]c1ccc(OCCCCCOc2ccc(C#N)cc2)cc1. The van der Waals surface area contributed by atoms with E-state index in [4.69, 9.17) is 72.5 Å². The first kappa shape index (κ1) is 54.1. The number of benzene rings is 4. The molecule has 0 aromatic heterocycles. The molecule has 4 aromatic rings. The maximum absolute atomic E-state index is 10.6. The largest absolute Gasteiger partial charge is 0.494 e. The summed E-state index contributed by atoms with van der Waals surface area (Å²) in [5, 5.41) is 46.1. The molecule has 0 aliphatic heterocycles. The molecule has 0 amide bonds. The Morgan fingerprint density at radius 1 is 0.562 bits per heavy atom. The first-order valence-corrected chi connectivity index (χ1v) is 18.6. The minimum Gasteiger partial charge on any atom is -0.494 e. The summed E-state index contributed by atoms with van der Waals surface area (Å²) in [5.74, 6) is -2.30. The van der Waals surface area contributed by atoms with Crippen LogP contribution in [0.4, 0.5) is 32.0 Å². The fraction of sp³-hybridized carbons (Fsp3) is 0.286. The van der Waals surface area contributed by atoms with Crippen LogP contribution in [0.2, 0.25) is 0 Å². The highest BCUT2D eigenvalue weighted by molar-refractivity contribution is 5.97. The van der Waals surface area contributed by atoms with Crippen LogP contribution >= 0.6 is 0 Å². The van der Waals surface area contributed by atoms with Crippen LogP contribution in [0, 0.1) is 17.9 Å². The second-order valence-corrected chi connectivity index (χ2v) is 12.4. The average molecular weight is 907 g/mol. The van der Waals surface area contributed by atoms with Crippen molar-refractivity contribution in [2.75, 3.05) is 26.4 Å². The van der Waals surface area contributed by atoms with Gasteiger partial charge in [0.15, 0.2) is 17.4 Å². The quantitative estimate of drug-likeness (QED) is 0.0104. The molecular formula is C42H44F6N6O10. The van der Waals surface area contributed by atoms with E-state index in [9.17, 15) is 26.3 Å². The van der Waals surface area contributed by atoms with Gasteiger partial charge < -0.3 is 51.0 Å². The van der Waals surface area contributed by atoms with Crippen molar-refractivity contribution < 1.29 is 75.5 Å². The monoisotopic (exact) mass is 906 g/mol. The number of oxime groups is 2. The second-order valence-electron chi connectivity index (χ2n) is 12.4. The normalized spacial score (nSPS) is 11.0. The van der Waals surface area contributed by atoms with E-state index >= 15 is 0 Å². The third-order valence-corrected chi connectivity index (χ3v) is 7.60. The van der Waals surface area contributed by atoms with E-state index in [0.717, 1.165) is 61.5 Å². The van der Waals surface area contributed by atoms with Gasteiger partial charge in [-0.05, 0) is 123 Å². The van der Waals surface area contributed by atoms with Crippen molar-refractivity contribution in [3.8, 4) is 29.1 Å². The molecule has 8 N–H and O–H groups in total. The summed E-state index contributed by atoms with van der Waals surface area (Å²) < 4.78 is 86.0. The van der Waals surface area contributed by atoms with E-state index in [1.807, 2.05) is 24.3 Å². The van der Waals surface area contributed by atoms with Crippen molar-refractivity contribution in [1.82, 2.24) is 0 Å². The van der Waals surface area contributed by atoms with E-state index in [1.54, 1.807) is 72.8 Å². The van der Waals surface area contributed by atoms with Crippen LogP contribution in [0.3, 0.4) is 0 Å². The van der Waals surface area contributed by atoms with Crippen molar-refractivity contribution in [2.24, 2.45) is 21.8 Å². The maximum atomic E-state index is 10.6. The first-order chi connectivity index (χ1) is 30.3. The lowest BCUT2D eigenvalue weighted by molar-refractivity contribution is -0.193. The fourth-order valence-corrected chi connectivity index (χ4v) is 4.32. The van der Waals surface area contributed by atoms with Crippen molar-refractivity contribution in [1.29, 1.82) is 5.26 Å². The highest BCUT2D eigenvalue weighted by Gasteiger charge is 2.38. The number of nitrogens with two attached hydrogens (primary N) is 2. The van der Waals surface area contributed by atoms with E-state index in [2.05, 4.69) is 21.2 Å². The molecule has 0 atom stereocenters. The number of carboxylic acids is 2. The molecule has 0 spiro atoms. The van der Waals surface area contributed by atoms with Gasteiger partial charge in [0.25, 0.3) is 0 Å². The number of nitrogens with zero attached hydrogens (tertiary/aromatic N) is 4. The van der Waals surface area contributed by atoms with Gasteiger partial charge >= 0.3 is 24.3 Å². The summed E-state index contributed by atoms with van der Waals surface area (Å²) in [6.07, 6.45) is -4.43. The first-order valence-electron chi connectivity index (χ1n) is 18.6. The number of amidine groups is 2. The van der Waals surface area contributed by atoms with Gasteiger partial charge in [-0.1, -0.05) is 22.4 Å². The lowest BCUT2D eigenvalue weighted by Gasteiger charge is -2.08. The van der Waals surface area contributed by atoms with Gasteiger partial charge in [-0.15, -0.1) is 0 Å². The highest BCUT2D eigenvalue weighted by Crippen LogP contribution is 2.19. The van der Waals surface area contributed by atoms with Crippen molar-refractivity contribution >= 4 is 29.3 Å². The van der Waals surface area contributed by atoms with Gasteiger partial charge in [0, 0.05) is 11.1 Å². The summed E-state index contributed by atoms with van der Waals surface area (Å²) in [5.41, 5.74) is 13.6. The molecule has 4 rings (SSSR count). The average Bonchev–Trinajstić information content (AvgIpc) is 3.28. The Morgan fingerprint density at radius 3 is 1.06 bits per heavy atom. The maximum Gasteiger partial charge on any atom is 0.490 e. The molecule has 0 saturated heterocycles. The number of alkyl halides is 6. The number of carbonyl (C=O) groups is 2. The lowest BCUT2D eigenvalue weighted by atomic mass is 10.2. The smallest absolute Gasteiger partial charge is 0.490 e. The van der Waals surface area contributed by atoms with Crippen LogP contribution in [-0.4, -0.2) is 83.0 Å². The molecule has 0 saturated carbocycles. The summed E-state index contributed by atoms with van der Waals surface area (Å²) in [6, 6.07) is 30.5. The molecule has 16 nitrogen and oxygen atoms in total. The van der Waals surface area contributed by atoms with Crippen LogP contribution < -0.4 is 30.4 Å². The molecule has 0 unspecified atom stereocenters. The molecule has 4 aromatic carbocycles. The fourth-order valence-electron chi connectivity index (χ4n) is 4.32. The third kappa shape index (κ3) is 23.8. The number of unbranched alkanes of at least 4 members (excludes halogenated alkanes) is 4. The van der Waals surface area contributed by atoms with Gasteiger partial charge in [0.05, 0.1) is 44.6 Å². The van der Waals surface area contributed by atoms with Gasteiger partial charge in [-0.25, -0.2) is 14.4 Å². The molecule has 0 aliphatic rings. The molecule has 0 radical (unpaired) electrons. The zero-order chi connectivity index (χ0) is 48.0. The van der Waals surface area contributed by atoms with Gasteiger partial charge in [0.1, 0.15) is 23.0 Å². The molecule has 64 heavy (non-hydrogen) atoms. The predicted octanol–water partition coefficient (Wildman–Crippen LogP) is 8.51. The van der Waals surface area contributed by atoms with Crippen LogP contribution in [0.15, 0.2) is 107 Å². The van der Waals surface area contributed by atoms with Crippen molar-refractivity contribution in [3.63, 3.8) is 0 Å². The Morgan fingerprint density at radius 2 is 0.828 bits per heavy atom. The predicted molar refractivity (Wildman–Crippen MR) is 219 cm³/mol. The van der Waals surface area contributed by atoms with Gasteiger partial charge in [0.2, 0.25) is 0 Å². The Bertz CT molecular complexity index is 1970. The standard InChI is InChI=1S/C19H24N4O4.C19H18N2O2.2C2HF3O2/c20-18(22-24)14-4-8-16(9-5-14)26-12-2-1-3-13-27-17-10-6-15(7-11-17)19(21)23-25;1-21-17-7-11-19(12-8-17)23-14-4-2-3-13-22-18-9-5-16(15-20)6-10-18;2*3-2(4,5)1(6)7/h4-11,24-25H,1-3,12-13H2,(H2,20,22)(H2,21,23);5-12H,2-4,13-14H2;2*(H,6,7). The van der Waals surface area contributed by atoms with Crippen LogP contribution in [0.1, 0.15) is 55.2 Å². The van der Waals surface area contributed by atoms with E-state index in [-0.39, 0.29) is 11.7 Å². The van der Waals surface area contributed by atoms with Crippen LogP contribution in [0.5, 0.6) is 23.0 Å². The number of rotatable bonds is 18. The Hall–Kier alpha value is -7.88. The highest BCUT2D eigenvalue weighted by atomic mass is 19.4. The lowest BCUT2D eigenvalue weighted by Crippen LogP contribution is -2.21. The van der Waals surface area contributed by atoms with E-state index in [0.29, 0.717) is 48.8 Å². The minimum atomic E-state index is -5.08. The molecule has 0 heterocycles. The minimum absolute atomic E-state index is 0.0705. The van der Waals surface area contributed by atoms with E-state index < -0.39 is 24.3 Å². The topological polar surface area (TPSA) is 257 Å². The van der Waals surface area contributed by atoms with Gasteiger partial charge in [-0.3, -0.25) is 0 Å². The van der Waals surface area contributed by atoms with Crippen LogP contribution in [-0.2, 0) is 9.59 Å². The number of carboxylic acid groups (broad SMARTS) is 2. The molecule has 344 valence electrons. The molecule has 22 heteroatoms. The number of aliphatic carboxylic acids is 2. The number of hydrogen-bond donors (Lipinski definition) is 6.